The number of carboxylic acid groups (broad SMARTS) is 1. The largest absolute Gasteiger partial charge is 0.479 e. The fourth-order valence-corrected chi connectivity index (χ4v) is 2.19. The highest BCUT2D eigenvalue weighted by molar-refractivity contribution is 7.86. The summed E-state index contributed by atoms with van der Waals surface area (Å²) < 4.78 is 40.6. The van der Waals surface area contributed by atoms with Gasteiger partial charge in [0.15, 0.2) is 6.10 Å². The predicted molar refractivity (Wildman–Crippen MR) is 56.5 cm³/mol. The third-order valence-electron chi connectivity index (χ3n) is 2.04. The quantitative estimate of drug-likeness (QED) is 0.827. The lowest BCUT2D eigenvalue weighted by Gasteiger charge is -2.09. The van der Waals surface area contributed by atoms with E-state index in [0.29, 0.717) is 0 Å². The zero-order chi connectivity index (χ0) is 13.2. The first-order chi connectivity index (χ1) is 7.74. The van der Waals surface area contributed by atoms with Gasteiger partial charge in [0, 0.05) is 0 Å². The van der Waals surface area contributed by atoms with Crippen molar-refractivity contribution in [2.75, 3.05) is 0 Å². The second kappa shape index (κ2) is 4.80. The van der Waals surface area contributed by atoms with Crippen LogP contribution in [0.25, 0.3) is 0 Å². The van der Waals surface area contributed by atoms with Crippen LogP contribution in [-0.4, -0.2) is 25.6 Å². The molecule has 94 valence electrons. The van der Waals surface area contributed by atoms with Gasteiger partial charge in [0.05, 0.1) is 4.90 Å². The van der Waals surface area contributed by atoms with Crippen molar-refractivity contribution in [1.29, 1.82) is 0 Å². The van der Waals surface area contributed by atoms with E-state index < -0.39 is 28.0 Å². The van der Waals surface area contributed by atoms with Gasteiger partial charge in [-0.3, -0.25) is 4.18 Å². The first-order valence-corrected chi connectivity index (χ1v) is 6.07. The zero-order valence-corrected chi connectivity index (χ0v) is 9.99. The predicted octanol–water partition coefficient (Wildman–Crippen LogP) is 1.31. The summed E-state index contributed by atoms with van der Waals surface area (Å²) in [6, 6.07) is 3.09. The van der Waals surface area contributed by atoms with E-state index in [1.165, 1.54) is 6.92 Å². The maximum absolute atomic E-state index is 12.9. The fourth-order valence-electron chi connectivity index (χ4n) is 1.06. The number of hydrogen-bond acceptors (Lipinski definition) is 4. The summed E-state index contributed by atoms with van der Waals surface area (Å²) in [4.78, 5) is 10.2. The Morgan fingerprint density at radius 1 is 1.47 bits per heavy atom. The maximum Gasteiger partial charge on any atom is 0.334 e. The van der Waals surface area contributed by atoms with Crippen molar-refractivity contribution >= 4 is 16.1 Å². The van der Waals surface area contributed by atoms with Crippen LogP contribution in [-0.2, 0) is 19.1 Å². The van der Waals surface area contributed by atoms with E-state index in [2.05, 4.69) is 4.18 Å². The molecule has 0 heterocycles. The third-order valence-corrected chi connectivity index (χ3v) is 3.41. The molecule has 7 heteroatoms. The Morgan fingerprint density at radius 2 is 2.06 bits per heavy atom. The minimum atomic E-state index is -4.19. The van der Waals surface area contributed by atoms with Crippen LogP contribution >= 0.6 is 0 Å². The highest BCUT2D eigenvalue weighted by Crippen LogP contribution is 2.17. The van der Waals surface area contributed by atoms with Crippen molar-refractivity contribution < 1.29 is 26.9 Å². The molecule has 17 heavy (non-hydrogen) atoms. The molecule has 0 aliphatic carbocycles. The lowest BCUT2D eigenvalue weighted by molar-refractivity contribution is -0.144. The van der Waals surface area contributed by atoms with Crippen LogP contribution in [0.2, 0.25) is 0 Å². The van der Waals surface area contributed by atoms with Crippen molar-refractivity contribution in [3.8, 4) is 0 Å². The summed E-state index contributed by atoms with van der Waals surface area (Å²) in [6.45, 7) is 2.49. The first-order valence-electron chi connectivity index (χ1n) is 4.66. The van der Waals surface area contributed by atoms with Crippen molar-refractivity contribution in [2.24, 2.45) is 0 Å². The summed E-state index contributed by atoms with van der Waals surface area (Å²) in [5, 5.41) is 8.54. The molecule has 1 rings (SSSR count). The number of halogens is 1. The van der Waals surface area contributed by atoms with Gasteiger partial charge in [-0.1, -0.05) is 0 Å². The minimum absolute atomic E-state index is 0.137. The molecule has 1 aromatic rings. The van der Waals surface area contributed by atoms with E-state index in [0.717, 1.165) is 25.1 Å². The lowest BCUT2D eigenvalue weighted by atomic mass is 10.2. The topological polar surface area (TPSA) is 80.7 Å². The molecular formula is C10H11FO5S. The highest BCUT2D eigenvalue weighted by Gasteiger charge is 2.23. The Balaban J connectivity index is 3.05. The molecule has 0 amide bonds. The summed E-state index contributed by atoms with van der Waals surface area (Å²) >= 11 is 0. The number of hydrogen-bond donors (Lipinski definition) is 1. The van der Waals surface area contributed by atoms with Crippen LogP contribution in [0.3, 0.4) is 0 Å². The Hall–Kier alpha value is -1.47. The van der Waals surface area contributed by atoms with E-state index >= 15 is 0 Å². The second-order valence-corrected chi connectivity index (χ2v) is 5.01. The number of carbonyl (C=O) groups is 1. The van der Waals surface area contributed by atoms with Crippen LogP contribution in [0.15, 0.2) is 23.1 Å². The van der Waals surface area contributed by atoms with Crippen LogP contribution < -0.4 is 0 Å². The standard InChI is InChI=1S/C10H11FO5S/c1-6-5-8(3-4-9(6)11)17(14,15)16-7(2)10(12)13/h3-5,7H,1-2H3,(H,12,13). The van der Waals surface area contributed by atoms with Crippen LogP contribution in [0.1, 0.15) is 12.5 Å². The Morgan fingerprint density at radius 3 is 2.53 bits per heavy atom. The molecule has 0 bridgehead atoms. The van der Waals surface area contributed by atoms with Gasteiger partial charge in [0.1, 0.15) is 5.82 Å². The van der Waals surface area contributed by atoms with Gasteiger partial charge in [-0.05, 0) is 37.6 Å². The van der Waals surface area contributed by atoms with Crippen LogP contribution in [0.5, 0.6) is 0 Å². The molecular weight excluding hydrogens is 251 g/mol. The molecule has 0 radical (unpaired) electrons. The molecule has 1 N–H and O–H groups in total. The Bertz CT molecular complexity index is 538. The third kappa shape index (κ3) is 3.24. The molecule has 0 aliphatic rings. The van der Waals surface area contributed by atoms with Crippen molar-refractivity contribution in [3.05, 3.63) is 29.6 Å². The molecule has 5 nitrogen and oxygen atoms in total. The molecule has 1 atom stereocenters. The van der Waals surface area contributed by atoms with Gasteiger partial charge < -0.3 is 5.11 Å². The highest BCUT2D eigenvalue weighted by atomic mass is 32.2. The van der Waals surface area contributed by atoms with E-state index in [1.54, 1.807) is 0 Å². The van der Waals surface area contributed by atoms with Gasteiger partial charge in [0.2, 0.25) is 0 Å². The summed E-state index contributed by atoms with van der Waals surface area (Å²) in [7, 11) is -4.19. The van der Waals surface area contributed by atoms with Gasteiger partial charge in [0.25, 0.3) is 10.1 Å². The molecule has 0 spiro atoms. The fraction of sp³-hybridized carbons (Fsp3) is 0.300. The monoisotopic (exact) mass is 262 g/mol. The zero-order valence-electron chi connectivity index (χ0n) is 9.18. The SMILES string of the molecule is Cc1cc(S(=O)(=O)OC(C)C(=O)O)ccc1F. The van der Waals surface area contributed by atoms with Gasteiger partial charge in [-0.15, -0.1) is 0 Å². The van der Waals surface area contributed by atoms with Gasteiger partial charge in [-0.2, -0.15) is 8.42 Å². The van der Waals surface area contributed by atoms with E-state index in [4.69, 9.17) is 5.11 Å². The van der Waals surface area contributed by atoms with Crippen molar-refractivity contribution in [3.63, 3.8) is 0 Å². The molecule has 0 saturated carbocycles. The van der Waals surface area contributed by atoms with E-state index in [1.807, 2.05) is 0 Å². The van der Waals surface area contributed by atoms with E-state index in [9.17, 15) is 17.6 Å². The van der Waals surface area contributed by atoms with Crippen molar-refractivity contribution in [2.45, 2.75) is 24.8 Å². The average molecular weight is 262 g/mol. The van der Waals surface area contributed by atoms with Crippen LogP contribution in [0, 0.1) is 12.7 Å². The lowest BCUT2D eigenvalue weighted by Crippen LogP contribution is -2.23. The number of benzene rings is 1. The molecule has 0 saturated heterocycles. The second-order valence-electron chi connectivity index (χ2n) is 3.44. The molecule has 1 aromatic carbocycles. The average Bonchev–Trinajstić information content (AvgIpc) is 2.21. The number of aryl methyl sites for hydroxylation is 1. The maximum atomic E-state index is 12.9. The van der Waals surface area contributed by atoms with Crippen molar-refractivity contribution in [1.82, 2.24) is 0 Å². The normalized spacial score (nSPS) is 13.4. The Labute approximate surface area is 98.0 Å². The Kier molecular flexibility index (Phi) is 3.84. The molecule has 0 fully saturated rings. The summed E-state index contributed by atoms with van der Waals surface area (Å²) in [5.74, 6) is -1.94. The summed E-state index contributed by atoms with van der Waals surface area (Å²) in [5.41, 5.74) is 0.137. The smallest absolute Gasteiger partial charge is 0.334 e. The number of rotatable bonds is 4. The van der Waals surface area contributed by atoms with Crippen LogP contribution in [0.4, 0.5) is 4.39 Å². The van der Waals surface area contributed by atoms with E-state index in [-0.39, 0.29) is 10.5 Å². The molecule has 0 aromatic heterocycles. The van der Waals surface area contributed by atoms with Gasteiger partial charge >= 0.3 is 5.97 Å². The number of aliphatic carboxylic acids is 1. The first kappa shape index (κ1) is 13.6. The molecule has 1 unspecified atom stereocenters. The molecule has 0 aliphatic heterocycles. The minimum Gasteiger partial charge on any atom is -0.479 e. The summed E-state index contributed by atoms with van der Waals surface area (Å²) in [6.07, 6.45) is -1.50. The van der Waals surface area contributed by atoms with Gasteiger partial charge in [-0.25, -0.2) is 9.18 Å². The number of carboxylic acids is 1.